The van der Waals surface area contributed by atoms with Gasteiger partial charge in [0, 0.05) is 43.9 Å². The summed E-state index contributed by atoms with van der Waals surface area (Å²) in [5, 5.41) is 14.3. The summed E-state index contributed by atoms with van der Waals surface area (Å²) in [6.07, 6.45) is 0. The van der Waals surface area contributed by atoms with Crippen molar-refractivity contribution in [2.24, 2.45) is 0 Å². The third-order valence-corrected chi connectivity index (χ3v) is 5.08. The molecule has 0 spiro atoms. The van der Waals surface area contributed by atoms with Crippen LogP contribution in [0.2, 0.25) is 0 Å². The highest BCUT2D eigenvalue weighted by Crippen LogP contribution is 2.29. The fourth-order valence-corrected chi connectivity index (χ4v) is 3.54. The molecule has 1 heterocycles. The second kappa shape index (κ2) is 8.54. The highest BCUT2D eigenvalue weighted by molar-refractivity contribution is 6.18. The molecule has 4 aromatic rings. The number of fused-ring (bicyclic) bond motifs is 1. The van der Waals surface area contributed by atoms with Crippen LogP contribution < -0.4 is 10.2 Å². The number of oxazole rings is 1. The molecule has 1 N–H and O–H groups in total. The average molecular weight is 444 g/mol. The summed E-state index contributed by atoms with van der Waals surface area (Å²) in [6, 6.07) is 15.7. The second-order valence-electron chi connectivity index (χ2n) is 7.60. The Labute approximate surface area is 188 Å². The highest BCUT2D eigenvalue weighted by Gasteiger charge is 2.23. The molecule has 0 aliphatic carbocycles. The molecule has 9 nitrogen and oxygen atoms in total. The average Bonchev–Trinajstić information content (AvgIpc) is 3.17. The predicted molar refractivity (Wildman–Crippen MR) is 124 cm³/mol. The van der Waals surface area contributed by atoms with Crippen LogP contribution in [0.1, 0.15) is 32.2 Å². The molecule has 166 valence electrons. The predicted octanol–water partition coefficient (Wildman–Crippen LogP) is 4.59. The molecule has 0 fully saturated rings. The quantitative estimate of drug-likeness (QED) is 0.262. The van der Waals surface area contributed by atoms with Gasteiger partial charge in [0.25, 0.3) is 11.6 Å². The van der Waals surface area contributed by atoms with E-state index in [1.165, 1.54) is 30.3 Å². The number of nitrogens with zero attached hydrogens (tertiary/aromatic N) is 3. The van der Waals surface area contributed by atoms with Crippen molar-refractivity contribution in [1.29, 1.82) is 0 Å². The zero-order chi connectivity index (χ0) is 23.7. The SMILES string of the molecule is Cc1nc2cc(NC(=O)c3ccccc3C(=O)c3ccc(N(C)C)c([N+](=O)[O-])c3)ccc2o1. The maximum atomic E-state index is 13.2. The van der Waals surface area contributed by atoms with Crippen molar-refractivity contribution in [3.05, 3.63) is 93.4 Å². The first kappa shape index (κ1) is 21.7. The topological polar surface area (TPSA) is 119 Å². The van der Waals surface area contributed by atoms with Crippen molar-refractivity contribution in [3.63, 3.8) is 0 Å². The molecule has 0 aliphatic heterocycles. The van der Waals surface area contributed by atoms with Crippen molar-refractivity contribution in [3.8, 4) is 0 Å². The van der Waals surface area contributed by atoms with E-state index >= 15 is 0 Å². The molecule has 0 radical (unpaired) electrons. The molecule has 0 saturated carbocycles. The van der Waals surface area contributed by atoms with Gasteiger partial charge in [0.2, 0.25) is 0 Å². The fourth-order valence-electron chi connectivity index (χ4n) is 3.54. The smallest absolute Gasteiger partial charge is 0.293 e. The third kappa shape index (κ3) is 4.29. The Morgan fingerprint density at radius 2 is 1.76 bits per heavy atom. The van der Waals surface area contributed by atoms with Gasteiger partial charge in [-0.05, 0) is 36.4 Å². The second-order valence-corrected chi connectivity index (χ2v) is 7.60. The largest absolute Gasteiger partial charge is 0.441 e. The molecule has 3 aromatic carbocycles. The van der Waals surface area contributed by atoms with Gasteiger partial charge in [-0.2, -0.15) is 0 Å². The van der Waals surface area contributed by atoms with E-state index in [2.05, 4.69) is 10.3 Å². The minimum atomic E-state index is -0.535. The molecule has 0 bridgehead atoms. The molecule has 0 aliphatic rings. The van der Waals surface area contributed by atoms with Crippen LogP contribution in [-0.2, 0) is 0 Å². The Morgan fingerprint density at radius 3 is 2.45 bits per heavy atom. The number of carbonyl (C=O) groups excluding carboxylic acids is 2. The molecule has 1 amide bonds. The summed E-state index contributed by atoms with van der Waals surface area (Å²) in [5.41, 5.74) is 2.29. The first-order chi connectivity index (χ1) is 15.7. The molecular formula is C24H20N4O5. The maximum Gasteiger partial charge on any atom is 0.293 e. The van der Waals surface area contributed by atoms with E-state index in [-0.39, 0.29) is 22.4 Å². The van der Waals surface area contributed by atoms with E-state index in [0.717, 1.165) is 0 Å². The normalized spacial score (nSPS) is 10.8. The number of hydrogen-bond donors (Lipinski definition) is 1. The van der Waals surface area contributed by atoms with E-state index in [9.17, 15) is 19.7 Å². The molecule has 0 saturated heterocycles. The van der Waals surface area contributed by atoms with Crippen LogP contribution >= 0.6 is 0 Å². The Balaban J connectivity index is 1.66. The number of ketones is 1. The van der Waals surface area contributed by atoms with Gasteiger partial charge in [0.1, 0.15) is 11.2 Å². The Bertz CT molecular complexity index is 1410. The van der Waals surface area contributed by atoms with Gasteiger partial charge >= 0.3 is 0 Å². The number of anilines is 2. The Kier molecular flexibility index (Phi) is 5.61. The summed E-state index contributed by atoms with van der Waals surface area (Å²) in [7, 11) is 3.36. The molecule has 0 atom stereocenters. The third-order valence-electron chi connectivity index (χ3n) is 5.08. The fraction of sp³-hybridized carbons (Fsp3) is 0.125. The van der Waals surface area contributed by atoms with E-state index in [1.807, 2.05) is 0 Å². The number of aromatic nitrogens is 1. The molecular weight excluding hydrogens is 424 g/mol. The van der Waals surface area contributed by atoms with Gasteiger partial charge in [-0.25, -0.2) is 4.98 Å². The summed E-state index contributed by atoms with van der Waals surface area (Å²) >= 11 is 0. The number of rotatable bonds is 6. The number of nitro benzene ring substituents is 1. The van der Waals surface area contributed by atoms with Crippen molar-refractivity contribution >= 4 is 39.9 Å². The van der Waals surface area contributed by atoms with Crippen molar-refractivity contribution in [1.82, 2.24) is 4.98 Å². The lowest BCUT2D eigenvalue weighted by Gasteiger charge is -2.14. The van der Waals surface area contributed by atoms with Gasteiger partial charge in [-0.1, -0.05) is 18.2 Å². The minimum Gasteiger partial charge on any atom is -0.441 e. The van der Waals surface area contributed by atoms with Crippen LogP contribution in [0.25, 0.3) is 11.1 Å². The minimum absolute atomic E-state index is 0.118. The first-order valence-electron chi connectivity index (χ1n) is 10.0. The summed E-state index contributed by atoms with van der Waals surface area (Å²) in [6.45, 7) is 1.73. The lowest BCUT2D eigenvalue weighted by Crippen LogP contribution is -2.17. The van der Waals surface area contributed by atoms with Crippen molar-refractivity contribution in [2.45, 2.75) is 6.92 Å². The number of nitro groups is 1. The van der Waals surface area contributed by atoms with E-state index in [4.69, 9.17) is 4.42 Å². The van der Waals surface area contributed by atoms with Crippen LogP contribution in [0.4, 0.5) is 17.1 Å². The number of amides is 1. The monoisotopic (exact) mass is 444 g/mol. The van der Waals surface area contributed by atoms with Gasteiger partial charge in [-0.15, -0.1) is 0 Å². The number of hydrogen-bond acceptors (Lipinski definition) is 7. The van der Waals surface area contributed by atoms with E-state index < -0.39 is 16.6 Å². The zero-order valence-corrected chi connectivity index (χ0v) is 18.2. The van der Waals surface area contributed by atoms with Crippen LogP contribution in [0.5, 0.6) is 0 Å². The van der Waals surface area contributed by atoms with Crippen molar-refractivity contribution < 1.29 is 18.9 Å². The van der Waals surface area contributed by atoms with Crippen molar-refractivity contribution in [2.75, 3.05) is 24.3 Å². The van der Waals surface area contributed by atoms with Gasteiger partial charge in [-0.3, -0.25) is 19.7 Å². The van der Waals surface area contributed by atoms with Crippen LogP contribution in [0, 0.1) is 17.0 Å². The molecule has 1 aromatic heterocycles. The number of carbonyl (C=O) groups is 2. The summed E-state index contributed by atoms with van der Waals surface area (Å²) in [5.74, 6) is -0.464. The van der Waals surface area contributed by atoms with E-state index in [0.29, 0.717) is 28.4 Å². The summed E-state index contributed by atoms with van der Waals surface area (Å²) < 4.78 is 5.44. The van der Waals surface area contributed by atoms with E-state index in [1.54, 1.807) is 56.3 Å². The standard InChI is InChI=1S/C24H20N4O5/c1-14-25-19-13-16(9-11-22(19)33-14)26-24(30)18-7-5-4-6-17(18)23(29)15-8-10-20(27(2)3)21(12-15)28(31)32/h4-13H,1-3H3,(H,26,30). The number of nitrogens with one attached hydrogen (secondary N) is 1. The Hall–Kier alpha value is -4.53. The molecule has 9 heteroatoms. The molecule has 0 unspecified atom stereocenters. The highest BCUT2D eigenvalue weighted by atomic mass is 16.6. The number of aryl methyl sites for hydroxylation is 1. The van der Waals surface area contributed by atoms with Gasteiger partial charge in [0.15, 0.2) is 17.3 Å². The van der Waals surface area contributed by atoms with Crippen LogP contribution in [0.3, 0.4) is 0 Å². The lowest BCUT2D eigenvalue weighted by molar-refractivity contribution is -0.384. The first-order valence-corrected chi connectivity index (χ1v) is 10.0. The molecule has 4 rings (SSSR count). The van der Waals surface area contributed by atoms with Gasteiger partial charge in [0.05, 0.1) is 10.5 Å². The Morgan fingerprint density at radius 1 is 1.03 bits per heavy atom. The molecule has 33 heavy (non-hydrogen) atoms. The summed E-state index contributed by atoms with van der Waals surface area (Å²) in [4.78, 5) is 43.0. The lowest BCUT2D eigenvalue weighted by atomic mass is 9.97. The van der Waals surface area contributed by atoms with Crippen LogP contribution in [0.15, 0.2) is 65.1 Å². The van der Waals surface area contributed by atoms with Crippen LogP contribution in [-0.4, -0.2) is 35.7 Å². The zero-order valence-electron chi connectivity index (χ0n) is 18.2. The number of benzene rings is 3. The maximum absolute atomic E-state index is 13.2. The van der Waals surface area contributed by atoms with Gasteiger partial charge < -0.3 is 14.6 Å².